The molecule has 0 aliphatic carbocycles. The molecule has 5 nitrogen and oxygen atoms in total. The van der Waals surface area contributed by atoms with Gasteiger partial charge in [-0.2, -0.15) is 13.2 Å². The highest BCUT2D eigenvalue weighted by Gasteiger charge is 2.32. The Morgan fingerprint density at radius 1 is 1.21 bits per heavy atom. The second kappa shape index (κ2) is 7.31. The molecule has 2 rings (SSSR count). The number of anilines is 1. The van der Waals surface area contributed by atoms with Gasteiger partial charge in [0, 0.05) is 6.54 Å². The fourth-order valence-electron chi connectivity index (χ4n) is 1.91. The zero-order chi connectivity index (χ0) is 17.7. The molecule has 2 aromatic rings. The number of alkyl halides is 3. The first-order valence-corrected chi connectivity index (χ1v) is 7.08. The summed E-state index contributed by atoms with van der Waals surface area (Å²) in [5, 5.41) is 14.8. The minimum absolute atomic E-state index is 0.0387. The maximum atomic E-state index is 12.4. The number of rotatable bonds is 4. The van der Waals surface area contributed by atoms with Crippen LogP contribution < -0.4 is 10.6 Å². The van der Waals surface area contributed by atoms with Crippen LogP contribution in [-0.4, -0.2) is 22.7 Å². The monoisotopic (exact) mass is 339 g/mol. The lowest BCUT2D eigenvalue weighted by molar-refractivity contribution is -0.141. The molecule has 0 aliphatic heterocycles. The molecule has 0 saturated carbocycles. The fraction of sp³-hybridized carbons (Fsp3) is 0.250. The molecule has 8 heteroatoms. The van der Waals surface area contributed by atoms with E-state index in [0.717, 1.165) is 23.9 Å². The maximum absolute atomic E-state index is 12.4. The van der Waals surface area contributed by atoms with Crippen molar-refractivity contribution in [1.29, 1.82) is 0 Å². The number of nitrogens with zero attached hydrogens (tertiary/aromatic N) is 1. The van der Waals surface area contributed by atoms with Gasteiger partial charge in [-0.1, -0.05) is 29.8 Å². The third kappa shape index (κ3) is 4.95. The molecule has 24 heavy (non-hydrogen) atoms. The predicted octanol–water partition coefficient (Wildman–Crippen LogP) is 3.26. The molecule has 2 amide bonds. The number of aliphatic hydroxyl groups excluding tert-OH is 1. The van der Waals surface area contributed by atoms with E-state index in [1.54, 1.807) is 12.1 Å². The average molecular weight is 339 g/mol. The highest BCUT2D eigenvalue weighted by molar-refractivity contribution is 5.89. The number of hydrogen-bond acceptors (Lipinski definition) is 3. The molecule has 0 radical (unpaired) electrons. The number of carbonyl (C=O) groups excluding carboxylic acids is 1. The quantitative estimate of drug-likeness (QED) is 0.800. The number of amides is 2. The highest BCUT2D eigenvalue weighted by Crippen LogP contribution is 2.27. The first-order chi connectivity index (χ1) is 11.3. The van der Waals surface area contributed by atoms with Crippen LogP contribution in [0, 0.1) is 6.92 Å². The zero-order valence-corrected chi connectivity index (χ0v) is 12.8. The number of halogens is 3. The molecular weight excluding hydrogens is 323 g/mol. The third-order valence-corrected chi connectivity index (χ3v) is 3.23. The van der Waals surface area contributed by atoms with Crippen molar-refractivity contribution in [2.24, 2.45) is 0 Å². The standard InChI is InChI=1S/C16H16F3N3O2/c1-10-2-4-11(5-3-10)13(23)9-21-15(24)22-12-6-7-14(20-8-12)16(17,18)19/h2-8,13,23H,9H2,1H3,(H2,21,22,24). The Balaban J connectivity index is 1.86. The molecule has 3 N–H and O–H groups in total. The number of hydrogen-bond donors (Lipinski definition) is 3. The van der Waals surface area contributed by atoms with E-state index in [2.05, 4.69) is 15.6 Å². The number of benzene rings is 1. The summed E-state index contributed by atoms with van der Waals surface area (Å²) in [5.74, 6) is 0. The first kappa shape index (κ1) is 17.7. The van der Waals surface area contributed by atoms with E-state index >= 15 is 0 Å². The van der Waals surface area contributed by atoms with Crippen LogP contribution in [0.1, 0.15) is 22.9 Å². The SMILES string of the molecule is Cc1ccc(C(O)CNC(=O)Nc2ccc(C(F)(F)F)nc2)cc1. The normalized spacial score (nSPS) is 12.5. The van der Waals surface area contributed by atoms with Crippen molar-refractivity contribution in [2.75, 3.05) is 11.9 Å². The van der Waals surface area contributed by atoms with Gasteiger partial charge in [0.1, 0.15) is 5.69 Å². The molecule has 0 fully saturated rings. The number of pyridine rings is 1. The van der Waals surface area contributed by atoms with Crippen LogP contribution in [0.25, 0.3) is 0 Å². The van der Waals surface area contributed by atoms with Gasteiger partial charge < -0.3 is 15.7 Å². The molecule has 1 aromatic heterocycles. The summed E-state index contributed by atoms with van der Waals surface area (Å²) in [6, 6.07) is 8.41. The smallest absolute Gasteiger partial charge is 0.387 e. The van der Waals surface area contributed by atoms with Crippen LogP contribution in [-0.2, 0) is 6.18 Å². The van der Waals surface area contributed by atoms with E-state index < -0.39 is 24.0 Å². The summed E-state index contributed by atoms with van der Waals surface area (Å²) < 4.78 is 37.2. The van der Waals surface area contributed by atoms with Gasteiger partial charge in [-0.25, -0.2) is 9.78 Å². The lowest BCUT2D eigenvalue weighted by Crippen LogP contribution is -2.32. The third-order valence-electron chi connectivity index (χ3n) is 3.23. The molecule has 0 spiro atoms. The molecule has 1 unspecified atom stereocenters. The van der Waals surface area contributed by atoms with Crippen molar-refractivity contribution in [1.82, 2.24) is 10.3 Å². The minimum Gasteiger partial charge on any atom is -0.387 e. The van der Waals surface area contributed by atoms with Crippen LogP contribution in [0.2, 0.25) is 0 Å². The number of aryl methyl sites for hydroxylation is 1. The fourth-order valence-corrected chi connectivity index (χ4v) is 1.91. The number of aromatic nitrogens is 1. The van der Waals surface area contributed by atoms with E-state index in [9.17, 15) is 23.1 Å². The van der Waals surface area contributed by atoms with Crippen molar-refractivity contribution >= 4 is 11.7 Å². The summed E-state index contributed by atoms with van der Waals surface area (Å²) in [6.07, 6.45) is -4.50. The van der Waals surface area contributed by atoms with Gasteiger partial charge in [-0.3, -0.25) is 0 Å². The van der Waals surface area contributed by atoms with Crippen LogP contribution in [0.5, 0.6) is 0 Å². The van der Waals surface area contributed by atoms with Gasteiger partial charge >= 0.3 is 12.2 Å². The number of urea groups is 1. The summed E-state index contributed by atoms with van der Waals surface area (Å²) >= 11 is 0. The van der Waals surface area contributed by atoms with E-state index in [1.165, 1.54) is 0 Å². The van der Waals surface area contributed by atoms with Crippen molar-refractivity contribution in [3.05, 3.63) is 59.4 Å². The largest absolute Gasteiger partial charge is 0.433 e. The predicted molar refractivity (Wildman–Crippen MR) is 82.4 cm³/mol. The van der Waals surface area contributed by atoms with E-state index in [1.807, 2.05) is 19.1 Å². The molecule has 1 aromatic carbocycles. The molecule has 0 bridgehead atoms. The van der Waals surface area contributed by atoms with Crippen molar-refractivity contribution in [2.45, 2.75) is 19.2 Å². The Bertz CT molecular complexity index is 685. The summed E-state index contributed by atoms with van der Waals surface area (Å²) in [5.41, 5.74) is 0.775. The summed E-state index contributed by atoms with van der Waals surface area (Å²) in [4.78, 5) is 14.9. The molecule has 0 aliphatic rings. The van der Waals surface area contributed by atoms with Gasteiger partial charge in [0.15, 0.2) is 0 Å². The van der Waals surface area contributed by atoms with E-state index in [-0.39, 0.29) is 12.2 Å². The van der Waals surface area contributed by atoms with Crippen LogP contribution in [0.15, 0.2) is 42.6 Å². The molecular formula is C16H16F3N3O2. The van der Waals surface area contributed by atoms with Gasteiger partial charge in [-0.05, 0) is 24.6 Å². The molecule has 1 heterocycles. The van der Waals surface area contributed by atoms with Crippen LogP contribution >= 0.6 is 0 Å². The topological polar surface area (TPSA) is 74.2 Å². The number of carbonyl (C=O) groups is 1. The molecule has 1 atom stereocenters. The summed E-state index contributed by atoms with van der Waals surface area (Å²) in [7, 11) is 0. The van der Waals surface area contributed by atoms with Crippen LogP contribution in [0.3, 0.4) is 0 Å². The van der Waals surface area contributed by atoms with E-state index in [4.69, 9.17) is 0 Å². The van der Waals surface area contributed by atoms with E-state index in [0.29, 0.717) is 5.56 Å². The van der Waals surface area contributed by atoms with Gasteiger partial charge in [0.05, 0.1) is 18.0 Å². The Labute approximate surface area is 136 Å². The van der Waals surface area contributed by atoms with Gasteiger partial charge in [-0.15, -0.1) is 0 Å². The first-order valence-electron chi connectivity index (χ1n) is 7.08. The highest BCUT2D eigenvalue weighted by atomic mass is 19.4. The van der Waals surface area contributed by atoms with Crippen LogP contribution in [0.4, 0.5) is 23.7 Å². The molecule has 128 valence electrons. The van der Waals surface area contributed by atoms with Gasteiger partial charge in [0.2, 0.25) is 0 Å². The maximum Gasteiger partial charge on any atom is 0.433 e. The zero-order valence-electron chi connectivity index (χ0n) is 12.8. The number of aliphatic hydroxyl groups is 1. The summed E-state index contributed by atoms with van der Waals surface area (Å²) in [6.45, 7) is 1.88. The van der Waals surface area contributed by atoms with Crippen molar-refractivity contribution in [3.8, 4) is 0 Å². The molecule has 0 saturated heterocycles. The Hall–Kier alpha value is -2.61. The lowest BCUT2D eigenvalue weighted by Gasteiger charge is -2.13. The lowest BCUT2D eigenvalue weighted by atomic mass is 10.1. The Morgan fingerprint density at radius 3 is 2.42 bits per heavy atom. The van der Waals surface area contributed by atoms with Crippen molar-refractivity contribution < 1.29 is 23.1 Å². The second-order valence-electron chi connectivity index (χ2n) is 5.19. The number of nitrogens with one attached hydrogen (secondary N) is 2. The minimum atomic E-state index is -4.53. The van der Waals surface area contributed by atoms with Crippen molar-refractivity contribution in [3.63, 3.8) is 0 Å². The Morgan fingerprint density at radius 2 is 1.88 bits per heavy atom. The second-order valence-corrected chi connectivity index (χ2v) is 5.19. The average Bonchev–Trinajstić information content (AvgIpc) is 2.53. The van der Waals surface area contributed by atoms with Gasteiger partial charge in [0.25, 0.3) is 0 Å². The Kier molecular flexibility index (Phi) is 5.40.